The molecule has 2 fully saturated rings. The minimum atomic E-state index is -4.61. The lowest BCUT2D eigenvalue weighted by Gasteiger charge is -2.20. The molecule has 1 heterocycles. The fourth-order valence-electron chi connectivity index (χ4n) is 3.98. The monoisotopic (exact) mass is 654 g/mol. The summed E-state index contributed by atoms with van der Waals surface area (Å²) in [5, 5.41) is 5.68. The van der Waals surface area contributed by atoms with E-state index in [4.69, 9.17) is 34.8 Å². The Bertz CT molecular complexity index is 1230. The molecule has 0 radical (unpaired) electrons. The molecule has 1 saturated heterocycles. The molecule has 4 nitrogen and oxygen atoms in total. The molecule has 0 spiro atoms. The summed E-state index contributed by atoms with van der Waals surface area (Å²) < 4.78 is 41.8. The summed E-state index contributed by atoms with van der Waals surface area (Å²) in [6.07, 6.45) is -0.293. The van der Waals surface area contributed by atoms with E-state index in [0.717, 1.165) is 36.1 Å². The molecule has 2 aromatic rings. The number of benzene rings is 2. The third-order valence-electron chi connectivity index (χ3n) is 6.24. The van der Waals surface area contributed by atoms with Gasteiger partial charge in [0.1, 0.15) is 5.54 Å². The van der Waals surface area contributed by atoms with Crippen LogP contribution in [0.15, 0.2) is 40.9 Å². The third kappa shape index (κ3) is 6.79. The van der Waals surface area contributed by atoms with Crippen LogP contribution in [0.4, 0.5) is 13.2 Å². The Balaban J connectivity index is 1.48. The molecule has 12 heteroatoms. The first-order chi connectivity index (χ1) is 17.4. The zero-order valence-corrected chi connectivity index (χ0v) is 23.8. The molecule has 1 saturated carbocycles. The topological polar surface area (TPSA) is 58.2 Å². The van der Waals surface area contributed by atoms with Crippen molar-refractivity contribution >= 4 is 80.4 Å². The third-order valence-corrected chi connectivity index (χ3v) is 9.25. The number of rotatable bonds is 7. The summed E-state index contributed by atoms with van der Waals surface area (Å²) in [7, 11) is 0. The summed E-state index contributed by atoms with van der Waals surface area (Å²) in [5.74, 6) is -0.723. The first-order valence-corrected chi connectivity index (χ1v) is 14.4. The molecular weight excluding hydrogens is 636 g/mol. The number of hydrogen-bond acceptors (Lipinski definition) is 3. The molecule has 2 N–H and O–H groups in total. The van der Waals surface area contributed by atoms with Crippen LogP contribution in [0.1, 0.15) is 46.7 Å². The van der Waals surface area contributed by atoms with Crippen LogP contribution in [-0.4, -0.2) is 41.1 Å². The number of allylic oxidation sites excluding steroid dienone is 1. The van der Waals surface area contributed by atoms with Crippen LogP contribution < -0.4 is 10.6 Å². The number of halogens is 7. The van der Waals surface area contributed by atoms with Gasteiger partial charge in [-0.2, -0.15) is 24.9 Å². The Labute approximate surface area is 239 Å². The molecule has 2 atom stereocenters. The zero-order valence-electron chi connectivity index (χ0n) is 19.1. The molecule has 1 aliphatic carbocycles. The smallest absolute Gasteiger partial charge is 0.350 e. The molecule has 4 rings (SSSR count). The molecule has 198 valence electrons. The van der Waals surface area contributed by atoms with E-state index in [1.54, 1.807) is 11.8 Å². The summed E-state index contributed by atoms with van der Waals surface area (Å²) >= 11 is 22.9. The molecule has 1 aliphatic heterocycles. The van der Waals surface area contributed by atoms with Crippen molar-refractivity contribution in [1.82, 2.24) is 10.6 Å². The summed E-state index contributed by atoms with van der Waals surface area (Å²) in [4.78, 5) is 25.6. The van der Waals surface area contributed by atoms with E-state index in [2.05, 4.69) is 26.6 Å². The predicted octanol–water partition coefficient (Wildman–Crippen LogP) is 7.65. The lowest BCUT2D eigenvalue weighted by atomic mass is 9.97. The predicted molar refractivity (Wildman–Crippen MR) is 147 cm³/mol. The van der Waals surface area contributed by atoms with E-state index in [-0.39, 0.29) is 38.1 Å². The maximum atomic E-state index is 13.8. The van der Waals surface area contributed by atoms with Crippen molar-refractivity contribution in [3.8, 4) is 0 Å². The number of carbonyl (C=O) groups is 2. The molecule has 2 unspecified atom stereocenters. The quantitative estimate of drug-likeness (QED) is 0.301. The average molecular weight is 657 g/mol. The van der Waals surface area contributed by atoms with Gasteiger partial charge < -0.3 is 10.6 Å². The standard InChI is InChI=1S/C25H21BrCl3F3N2O2S/c26-18-9-13(2-4-17(25(30,31)32)14-10-19(27)21(29)20(28)11-14)1-3-16(18)22(35)34-24(6-7-24)23(36)33-15-5-8-37-12-15/h1-4,9-11,15,17H,5-8,12H2,(H,33,36)(H,34,35). The highest BCUT2D eigenvalue weighted by molar-refractivity contribution is 9.10. The zero-order chi connectivity index (χ0) is 27.0. The molecule has 2 aliphatic rings. The maximum absolute atomic E-state index is 13.8. The number of hydrogen-bond donors (Lipinski definition) is 2. The van der Waals surface area contributed by atoms with Gasteiger partial charge in [-0.3, -0.25) is 9.59 Å². The van der Waals surface area contributed by atoms with E-state index < -0.39 is 23.5 Å². The highest BCUT2D eigenvalue weighted by atomic mass is 79.9. The van der Waals surface area contributed by atoms with Crippen LogP contribution in [0.5, 0.6) is 0 Å². The number of nitrogens with one attached hydrogen (secondary N) is 2. The molecule has 0 bridgehead atoms. The van der Waals surface area contributed by atoms with Crippen LogP contribution >= 0.6 is 62.5 Å². The summed E-state index contributed by atoms with van der Waals surface area (Å²) in [6.45, 7) is 0. The second-order valence-corrected chi connectivity index (χ2v) is 12.2. The second kappa shape index (κ2) is 11.4. The van der Waals surface area contributed by atoms with E-state index in [0.29, 0.717) is 22.9 Å². The summed E-state index contributed by atoms with van der Waals surface area (Å²) in [5.41, 5.74) is -0.358. The summed E-state index contributed by atoms with van der Waals surface area (Å²) in [6, 6.07) is 6.95. The fourth-order valence-corrected chi connectivity index (χ4v) is 6.32. The Kier molecular flexibility index (Phi) is 8.80. The van der Waals surface area contributed by atoms with E-state index in [1.807, 2.05) is 0 Å². The van der Waals surface area contributed by atoms with Gasteiger partial charge >= 0.3 is 6.18 Å². The first kappa shape index (κ1) is 28.6. The van der Waals surface area contributed by atoms with Gasteiger partial charge in [-0.1, -0.05) is 53.0 Å². The Hall–Kier alpha value is -1.39. The Morgan fingerprint density at radius 2 is 1.81 bits per heavy atom. The molecule has 2 aromatic carbocycles. The number of thioether (sulfide) groups is 1. The molecule has 37 heavy (non-hydrogen) atoms. The van der Waals surface area contributed by atoms with E-state index in [1.165, 1.54) is 24.3 Å². The van der Waals surface area contributed by atoms with Crippen molar-refractivity contribution in [2.45, 2.75) is 42.9 Å². The van der Waals surface area contributed by atoms with Crippen LogP contribution in [0.2, 0.25) is 15.1 Å². The molecule has 0 aromatic heterocycles. The Morgan fingerprint density at radius 3 is 2.35 bits per heavy atom. The van der Waals surface area contributed by atoms with Gasteiger partial charge in [-0.05, 0) is 76.3 Å². The minimum Gasteiger partial charge on any atom is -0.350 e. The van der Waals surface area contributed by atoms with Crippen molar-refractivity contribution in [2.24, 2.45) is 0 Å². The van der Waals surface area contributed by atoms with Gasteiger partial charge in [0.2, 0.25) is 5.91 Å². The van der Waals surface area contributed by atoms with Gasteiger partial charge in [0.15, 0.2) is 0 Å². The van der Waals surface area contributed by atoms with Crippen molar-refractivity contribution in [3.05, 3.63) is 72.6 Å². The first-order valence-electron chi connectivity index (χ1n) is 11.3. The molecule has 2 amide bonds. The van der Waals surface area contributed by atoms with E-state index >= 15 is 0 Å². The van der Waals surface area contributed by atoms with E-state index in [9.17, 15) is 22.8 Å². The van der Waals surface area contributed by atoms with Crippen LogP contribution in [0.25, 0.3) is 6.08 Å². The lowest BCUT2D eigenvalue weighted by molar-refractivity contribution is -0.139. The minimum absolute atomic E-state index is 0.0159. The number of carbonyl (C=O) groups excluding carboxylic acids is 2. The van der Waals surface area contributed by atoms with Crippen molar-refractivity contribution in [2.75, 3.05) is 11.5 Å². The number of amides is 2. The fraction of sp³-hybridized carbons (Fsp3) is 0.360. The average Bonchev–Trinajstić information content (AvgIpc) is 3.41. The van der Waals surface area contributed by atoms with Gasteiger partial charge in [0.05, 0.1) is 26.5 Å². The normalized spacial score (nSPS) is 19.6. The Morgan fingerprint density at radius 1 is 1.14 bits per heavy atom. The highest BCUT2D eigenvalue weighted by Gasteiger charge is 2.51. The maximum Gasteiger partial charge on any atom is 0.399 e. The van der Waals surface area contributed by atoms with Crippen molar-refractivity contribution < 1.29 is 22.8 Å². The second-order valence-electron chi connectivity index (χ2n) is 8.99. The SMILES string of the molecule is O=C(NC1(C(=O)NC2CCSC2)CC1)c1ccc(C=CC(c2cc(Cl)c(Cl)c(Cl)c2)C(F)(F)F)cc1Br. The van der Waals surface area contributed by atoms with Crippen LogP contribution in [0, 0.1) is 0 Å². The van der Waals surface area contributed by atoms with Gasteiger partial charge in [-0.15, -0.1) is 0 Å². The van der Waals surface area contributed by atoms with Crippen LogP contribution in [-0.2, 0) is 4.79 Å². The van der Waals surface area contributed by atoms with Gasteiger partial charge in [-0.25, -0.2) is 0 Å². The van der Waals surface area contributed by atoms with Crippen molar-refractivity contribution in [3.63, 3.8) is 0 Å². The van der Waals surface area contributed by atoms with Crippen molar-refractivity contribution in [1.29, 1.82) is 0 Å². The molecular formula is C25H21BrCl3F3N2O2S. The van der Waals surface area contributed by atoms with Gasteiger partial charge in [0, 0.05) is 16.3 Å². The lowest BCUT2D eigenvalue weighted by Crippen LogP contribution is -2.51. The number of alkyl halides is 3. The van der Waals surface area contributed by atoms with Crippen LogP contribution in [0.3, 0.4) is 0 Å². The largest absolute Gasteiger partial charge is 0.399 e. The van der Waals surface area contributed by atoms with Gasteiger partial charge in [0.25, 0.3) is 5.91 Å². The highest BCUT2D eigenvalue weighted by Crippen LogP contribution is 2.41.